The van der Waals surface area contributed by atoms with Gasteiger partial charge in [-0.05, 0) is 73.2 Å². The van der Waals surface area contributed by atoms with E-state index in [1.165, 1.54) is 6.08 Å². The average Bonchev–Trinajstić information content (AvgIpc) is 2.78. The highest BCUT2D eigenvalue weighted by Crippen LogP contribution is 2.26. The lowest BCUT2D eigenvalue weighted by Crippen LogP contribution is -2.20. The molecular formula is C25H19Cl2N3O3. The zero-order chi connectivity index (χ0) is 23.8. The summed E-state index contributed by atoms with van der Waals surface area (Å²) in [7, 11) is 0. The highest BCUT2D eigenvalue weighted by Gasteiger charge is 2.13. The van der Waals surface area contributed by atoms with Gasteiger partial charge in [-0.15, -0.1) is 0 Å². The Balaban J connectivity index is 1.74. The molecule has 33 heavy (non-hydrogen) atoms. The number of benzene rings is 3. The van der Waals surface area contributed by atoms with Crippen molar-refractivity contribution in [2.45, 2.75) is 6.92 Å². The van der Waals surface area contributed by atoms with Gasteiger partial charge in [-0.2, -0.15) is 5.26 Å². The van der Waals surface area contributed by atoms with E-state index in [1.807, 2.05) is 19.1 Å². The van der Waals surface area contributed by atoms with Crippen LogP contribution in [0.4, 0.5) is 11.4 Å². The second-order valence-electron chi connectivity index (χ2n) is 7.02. The zero-order valence-corrected chi connectivity index (χ0v) is 19.1. The molecule has 0 saturated carbocycles. The third kappa shape index (κ3) is 7.11. The van der Waals surface area contributed by atoms with Gasteiger partial charge in [-0.3, -0.25) is 9.59 Å². The Morgan fingerprint density at radius 2 is 1.70 bits per heavy atom. The molecule has 0 fully saturated rings. The smallest absolute Gasteiger partial charge is 0.266 e. The van der Waals surface area contributed by atoms with Crippen molar-refractivity contribution in [1.82, 2.24) is 0 Å². The molecule has 6 nitrogen and oxygen atoms in total. The van der Waals surface area contributed by atoms with Crippen molar-refractivity contribution in [3.05, 3.63) is 93.5 Å². The van der Waals surface area contributed by atoms with Gasteiger partial charge in [-0.25, -0.2) is 0 Å². The van der Waals surface area contributed by atoms with Crippen LogP contribution in [-0.4, -0.2) is 18.4 Å². The summed E-state index contributed by atoms with van der Waals surface area (Å²) in [5.74, 6) is -0.670. The van der Waals surface area contributed by atoms with Crippen molar-refractivity contribution in [2.24, 2.45) is 0 Å². The fourth-order valence-corrected chi connectivity index (χ4v) is 3.17. The topological polar surface area (TPSA) is 91.2 Å². The largest absolute Gasteiger partial charge is 0.483 e. The number of nitrogens with zero attached hydrogens (tertiary/aromatic N) is 1. The third-order valence-corrected chi connectivity index (χ3v) is 4.89. The van der Waals surface area contributed by atoms with Crippen LogP contribution < -0.4 is 15.4 Å². The second kappa shape index (κ2) is 11.2. The molecule has 0 saturated heterocycles. The summed E-state index contributed by atoms with van der Waals surface area (Å²) in [4.78, 5) is 24.8. The molecule has 3 aromatic carbocycles. The fraction of sp³-hybridized carbons (Fsp3) is 0.0800. The first-order valence-electron chi connectivity index (χ1n) is 9.81. The van der Waals surface area contributed by atoms with E-state index in [1.54, 1.807) is 60.7 Å². The standard InChI is InChI=1S/C25H19Cl2N3O3/c1-16-3-2-4-22(11-16)30-25(32)18(14-28)12-17-13-20(27)7-10-23(17)33-15-24(31)29-21-8-5-19(26)6-9-21/h2-13H,15H2,1H3,(H,29,31)(H,30,32)/b18-12+. The molecule has 2 N–H and O–H groups in total. The summed E-state index contributed by atoms with van der Waals surface area (Å²) in [5, 5.41) is 15.9. The molecule has 2 amide bonds. The first-order chi connectivity index (χ1) is 15.8. The molecular weight excluding hydrogens is 461 g/mol. The van der Waals surface area contributed by atoms with Gasteiger partial charge in [0.2, 0.25) is 0 Å². The lowest BCUT2D eigenvalue weighted by molar-refractivity contribution is -0.118. The first kappa shape index (κ1) is 23.9. The number of carbonyl (C=O) groups is 2. The van der Waals surface area contributed by atoms with Crippen molar-refractivity contribution >= 4 is 52.5 Å². The summed E-state index contributed by atoms with van der Waals surface area (Å²) >= 11 is 11.9. The SMILES string of the molecule is Cc1cccc(NC(=O)/C(C#N)=C/c2cc(Cl)ccc2OCC(=O)Nc2ccc(Cl)cc2)c1. The molecule has 166 valence electrons. The Hall–Kier alpha value is -3.79. The van der Waals surface area contributed by atoms with Gasteiger partial charge in [-0.1, -0.05) is 35.3 Å². The van der Waals surface area contributed by atoms with E-state index in [9.17, 15) is 14.9 Å². The summed E-state index contributed by atoms with van der Waals surface area (Å²) in [6, 6.07) is 20.5. The van der Waals surface area contributed by atoms with Crippen molar-refractivity contribution < 1.29 is 14.3 Å². The molecule has 0 atom stereocenters. The number of nitriles is 1. The van der Waals surface area contributed by atoms with Crippen LogP contribution >= 0.6 is 23.2 Å². The van der Waals surface area contributed by atoms with Crippen LogP contribution in [0.3, 0.4) is 0 Å². The minimum Gasteiger partial charge on any atom is -0.483 e. The number of anilines is 2. The molecule has 0 radical (unpaired) electrons. The molecule has 0 heterocycles. The molecule has 0 unspecified atom stereocenters. The monoisotopic (exact) mass is 479 g/mol. The van der Waals surface area contributed by atoms with Gasteiger partial charge >= 0.3 is 0 Å². The first-order valence-corrected chi connectivity index (χ1v) is 10.6. The zero-order valence-electron chi connectivity index (χ0n) is 17.6. The van der Waals surface area contributed by atoms with E-state index >= 15 is 0 Å². The van der Waals surface area contributed by atoms with Crippen molar-refractivity contribution in [1.29, 1.82) is 5.26 Å². The van der Waals surface area contributed by atoms with Crippen molar-refractivity contribution in [2.75, 3.05) is 17.2 Å². The lowest BCUT2D eigenvalue weighted by atomic mass is 10.1. The maximum atomic E-state index is 12.6. The Bertz CT molecular complexity index is 1250. The quantitative estimate of drug-likeness (QED) is 0.327. The van der Waals surface area contributed by atoms with Gasteiger partial charge in [0, 0.05) is 27.0 Å². The predicted octanol–water partition coefficient (Wildman–Crippen LogP) is 5.87. The fourth-order valence-electron chi connectivity index (χ4n) is 2.86. The number of hydrogen-bond donors (Lipinski definition) is 2. The summed E-state index contributed by atoms with van der Waals surface area (Å²) in [5.41, 5.74) is 2.36. The number of aryl methyl sites for hydroxylation is 1. The van der Waals surface area contributed by atoms with E-state index < -0.39 is 5.91 Å². The van der Waals surface area contributed by atoms with Crippen LogP contribution in [0.25, 0.3) is 6.08 Å². The third-order valence-electron chi connectivity index (χ3n) is 4.40. The van der Waals surface area contributed by atoms with E-state index in [4.69, 9.17) is 27.9 Å². The molecule has 0 aliphatic heterocycles. The number of carbonyl (C=O) groups excluding carboxylic acids is 2. The Morgan fingerprint density at radius 1 is 0.970 bits per heavy atom. The van der Waals surface area contributed by atoms with Crippen LogP contribution in [0, 0.1) is 18.3 Å². The summed E-state index contributed by atoms with van der Waals surface area (Å²) < 4.78 is 5.63. The predicted molar refractivity (Wildman–Crippen MR) is 130 cm³/mol. The van der Waals surface area contributed by atoms with Crippen molar-refractivity contribution in [3.63, 3.8) is 0 Å². The second-order valence-corrected chi connectivity index (χ2v) is 7.89. The number of amides is 2. The number of rotatable bonds is 7. The van der Waals surface area contributed by atoms with E-state index in [-0.39, 0.29) is 18.1 Å². The normalized spacial score (nSPS) is 10.8. The molecule has 8 heteroatoms. The van der Waals surface area contributed by atoms with Gasteiger partial charge in [0.05, 0.1) is 0 Å². The number of halogens is 2. The minimum atomic E-state index is -0.575. The lowest BCUT2D eigenvalue weighted by Gasteiger charge is -2.11. The Kier molecular flexibility index (Phi) is 8.09. The maximum Gasteiger partial charge on any atom is 0.266 e. The number of ether oxygens (including phenoxy) is 1. The van der Waals surface area contributed by atoms with Gasteiger partial charge in [0.25, 0.3) is 11.8 Å². The number of nitrogens with one attached hydrogen (secondary N) is 2. The van der Waals surface area contributed by atoms with E-state index in [0.29, 0.717) is 32.7 Å². The Labute approximate surface area is 201 Å². The van der Waals surface area contributed by atoms with E-state index in [2.05, 4.69) is 10.6 Å². The molecule has 0 bridgehead atoms. The van der Waals surface area contributed by atoms with Gasteiger partial charge in [0.1, 0.15) is 17.4 Å². The molecule has 0 aliphatic carbocycles. The highest BCUT2D eigenvalue weighted by molar-refractivity contribution is 6.31. The van der Waals surface area contributed by atoms with Gasteiger partial charge < -0.3 is 15.4 Å². The molecule has 3 rings (SSSR count). The van der Waals surface area contributed by atoms with Crippen LogP contribution in [0.5, 0.6) is 5.75 Å². The average molecular weight is 480 g/mol. The van der Waals surface area contributed by atoms with Crippen molar-refractivity contribution in [3.8, 4) is 11.8 Å². The molecule has 0 aromatic heterocycles. The summed E-state index contributed by atoms with van der Waals surface area (Å²) in [6.45, 7) is 1.61. The minimum absolute atomic E-state index is 0.144. The maximum absolute atomic E-state index is 12.6. The van der Waals surface area contributed by atoms with Crippen LogP contribution in [0.1, 0.15) is 11.1 Å². The van der Waals surface area contributed by atoms with E-state index in [0.717, 1.165) is 5.56 Å². The Morgan fingerprint density at radius 3 is 2.39 bits per heavy atom. The van der Waals surface area contributed by atoms with Gasteiger partial charge in [0.15, 0.2) is 6.61 Å². The highest BCUT2D eigenvalue weighted by atomic mass is 35.5. The van der Waals surface area contributed by atoms with Crippen LogP contribution in [0.2, 0.25) is 10.0 Å². The van der Waals surface area contributed by atoms with Crippen LogP contribution in [0.15, 0.2) is 72.3 Å². The van der Waals surface area contributed by atoms with Crippen LogP contribution in [-0.2, 0) is 9.59 Å². The molecule has 3 aromatic rings. The molecule has 0 spiro atoms. The molecule has 0 aliphatic rings. The number of hydrogen-bond acceptors (Lipinski definition) is 4. The summed E-state index contributed by atoms with van der Waals surface area (Å²) in [6.07, 6.45) is 1.36.